The highest BCUT2D eigenvalue weighted by Gasteiger charge is 2.26. The minimum atomic E-state index is -4.00. The van der Waals surface area contributed by atoms with Crippen LogP contribution in [0.4, 0.5) is 0 Å². The second kappa shape index (κ2) is 9.31. The Bertz CT molecular complexity index is 1260. The first kappa shape index (κ1) is 22.5. The van der Waals surface area contributed by atoms with Crippen molar-refractivity contribution in [3.05, 3.63) is 93.4 Å². The van der Waals surface area contributed by atoms with Crippen LogP contribution in [0.1, 0.15) is 29.3 Å². The minimum Gasteiger partial charge on any atom is -0.350 e. The maximum Gasteiger partial charge on any atom is 0.270 e. The Morgan fingerprint density at radius 2 is 1.65 bits per heavy atom. The Hall–Kier alpha value is -3.19. The van der Waals surface area contributed by atoms with Crippen molar-refractivity contribution in [2.45, 2.75) is 50.1 Å². The molecule has 3 aromatic rings. The van der Waals surface area contributed by atoms with E-state index in [4.69, 9.17) is 0 Å². The van der Waals surface area contributed by atoms with Crippen LogP contribution in [0.25, 0.3) is 0 Å². The molecule has 31 heavy (non-hydrogen) atoms. The number of rotatable bonds is 7. The topological polar surface area (TPSA) is 85.2 Å². The predicted molar refractivity (Wildman–Crippen MR) is 120 cm³/mol. The fraction of sp³-hybridized carbons (Fsp3) is 0.250. The standard InChI is InChI=1S/C24H26N2O4S/c1-4-19-9-8-10-20(14-19)15-25-22(27)16-26-18(3)13-17(2)23(24(26)28)31(29,30)21-11-6-5-7-12-21/h5-14H,4,15-16H2,1-3H3,(H,25,27). The van der Waals surface area contributed by atoms with Crippen LogP contribution >= 0.6 is 0 Å². The third-order valence-corrected chi connectivity index (χ3v) is 7.09. The third-order valence-electron chi connectivity index (χ3n) is 5.16. The van der Waals surface area contributed by atoms with E-state index in [2.05, 4.69) is 12.2 Å². The summed E-state index contributed by atoms with van der Waals surface area (Å²) < 4.78 is 27.4. The molecular formula is C24H26N2O4S. The number of pyridine rings is 1. The van der Waals surface area contributed by atoms with Gasteiger partial charge in [0.1, 0.15) is 11.4 Å². The van der Waals surface area contributed by atoms with Gasteiger partial charge in [-0.1, -0.05) is 49.4 Å². The maximum absolute atomic E-state index is 13.1. The summed E-state index contributed by atoms with van der Waals surface area (Å²) >= 11 is 0. The number of aromatic nitrogens is 1. The van der Waals surface area contributed by atoms with E-state index in [1.165, 1.54) is 22.3 Å². The first-order chi connectivity index (χ1) is 14.7. The average molecular weight is 439 g/mol. The molecule has 162 valence electrons. The van der Waals surface area contributed by atoms with Crippen molar-refractivity contribution in [3.8, 4) is 0 Å². The maximum atomic E-state index is 13.1. The lowest BCUT2D eigenvalue weighted by atomic mass is 10.1. The number of aryl methyl sites for hydroxylation is 3. The molecule has 0 unspecified atom stereocenters. The molecule has 6 nitrogen and oxygen atoms in total. The molecule has 1 heterocycles. The van der Waals surface area contributed by atoms with Crippen LogP contribution in [-0.4, -0.2) is 18.9 Å². The number of nitrogens with one attached hydrogen (secondary N) is 1. The van der Waals surface area contributed by atoms with E-state index in [1.807, 2.05) is 24.3 Å². The fourth-order valence-corrected chi connectivity index (χ4v) is 5.08. The molecule has 0 aliphatic carbocycles. The highest BCUT2D eigenvalue weighted by Crippen LogP contribution is 2.21. The first-order valence-corrected chi connectivity index (χ1v) is 11.6. The van der Waals surface area contributed by atoms with Crippen molar-refractivity contribution >= 4 is 15.7 Å². The zero-order valence-electron chi connectivity index (χ0n) is 17.9. The molecule has 2 aromatic carbocycles. The van der Waals surface area contributed by atoms with Crippen LogP contribution in [0.3, 0.4) is 0 Å². The average Bonchev–Trinajstić information content (AvgIpc) is 2.75. The molecule has 1 amide bonds. The number of carbonyl (C=O) groups is 1. The van der Waals surface area contributed by atoms with E-state index in [0.29, 0.717) is 17.8 Å². The van der Waals surface area contributed by atoms with Gasteiger partial charge >= 0.3 is 0 Å². The summed E-state index contributed by atoms with van der Waals surface area (Å²) in [7, 11) is -4.00. The quantitative estimate of drug-likeness (QED) is 0.614. The Morgan fingerprint density at radius 1 is 0.968 bits per heavy atom. The van der Waals surface area contributed by atoms with Gasteiger partial charge < -0.3 is 9.88 Å². The fourth-order valence-electron chi connectivity index (χ4n) is 3.51. The zero-order valence-corrected chi connectivity index (χ0v) is 18.7. The smallest absolute Gasteiger partial charge is 0.270 e. The van der Waals surface area contributed by atoms with Gasteiger partial charge in [0, 0.05) is 12.2 Å². The van der Waals surface area contributed by atoms with Crippen molar-refractivity contribution in [2.24, 2.45) is 0 Å². The van der Waals surface area contributed by atoms with Crippen LogP contribution in [0.2, 0.25) is 0 Å². The van der Waals surface area contributed by atoms with Crippen LogP contribution in [0.15, 0.2) is 75.2 Å². The number of carbonyl (C=O) groups excluding carboxylic acids is 1. The number of hydrogen-bond donors (Lipinski definition) is 1. The van der Waals surface area contributed by atoms with Gasteiger partial charge in [0.15, 0.2) is 0 Å². The highest BCUT2D eigenvalue weighted by molar-refractivity contribution is 7.91. The molecule has 0 saturated heterocycles. The van der Waals surface area contributed by atoms with Gasteiger partial charge in [0.05, 0.1) is 4.90 Å². The second-order valence-corrected chi connectivity index (χ2v) is 9.34. The summed E-state index contributed by atoms with van der Waals surface area (Å²) in [6.07, 6.45) is 0.901. The lowest BCUT2D eigenvalue weighted by Gasteiger charge is -2.15. The molecule has 1 aromatic heterocycles. The van der Waals surface area contributed by atoms with Gasteiger partial charge in [-0.3, -0.25) is 9.59 Å². The van der Waals surface area contributed by atoms with Gasteiger partial charge in [-0.15, -0.1) is 0 Å². The molecule has 1 N–H and O–H groups in total. The highest BCUT2D eigenvalue weighted by atomic mass is 32.2. The van der Waals surface area contributed by atoms with Crippen molar-refractivity contribution in [3.63, 3.8) is 0 Å². The van der Waals surface area contributed by atoms with E-state index in [0.717, 1.165) is 12.0 Å². The normalized spacial score (nSPS) is 11.3. The number of amides is 1. The summed E-state index contributed by atoms with van der Waals surface area (Å²) in [5.41, 5.74) is 2.34. The Balaban J connectivity index is 1.87. The van der Waals surface area contributed by atoms with E-state index in [1.54, 1.807) is 38.1 Å². The molecule has 0 spiro atoms. The van der Waals surface area contributed by atoms with E-state index in [-0.39, 0.29) is 22.2 Å². The van der Waals surface area contributed by atoms with Gasteiger partial charge in [0.2, 0.25) is 15.7 Å². The van der Waals surface area contributed by atoms with Gasteiger partial charge in [-0.05, 0) is 55.2 Å². The molecule has 0 aliphatic heterocycles. The molecular weight excluding hydrogens is 412 g/mol. The van der Waals surface area contributed by atoms with Gasteiger partial charge in [-0.2, -0.15) is 0 Å². The van der Waals surface area contributed by atoms with Crippen molar-refractivity contribution in [2.75, 3.05) is 0 Å². The Labute approximate surface area is 182 Å². The van der Waals surface area contributed by atoms with Gasteiger partial charge in [-0.25, -0.2) is 8.42 Å². The summed E-state index contributed by atoms with van der Waals surface area (Å²) in [6, 6.07) is 17.4. The Kier molecular flexibility index (Phi) is 6.75. The number of benzene rings is 2. The molecule has 0 atom stereocenters. The molecule has 0 fully saturated rings. The molecule has 0 aliphatic rings. The van der Waals surface area contributed by atoms with Crippen molar-refractivity contribution in [1.29, 1.82) is 0 Å². The van der Waals surface area contributed by atoms with Crippen LogP contribution in [0, 0.1) is 13.8 Å². The minimum absolute atomic E-state index is 0.0471. The summed E-state index contributed by atoms with van der Waals surface area (Å²) in [5.74, 6) is -0.362. The number of hydrogen-bond acceptors (Lipinski definition) is 4. The van der Waals surface area contributed by atoms with Crippen LogP contribution in [0.5, 0.6) is 0 Å². The van der Waals surface area contributed by atoms with Crippen molar-refractivity contribution in [1.82, 2.24) is 9.88 Å². The molecule has 0 saturated carbocycles. The summed E-state index contributed by atoms with van der Waals surface area (Å²) in [6.45, 7) is 5.42. The van der Waals surface area contributed by atoms with E-state index in [9.17, 15) is 18.0 Å². The predicted octanol–water partition coefficient (Wildman–Crippen LogP) is 3.18. The lowest BCUT2D eigenvalue weighted by molar-refractivity contribution is -0.121. The van der Waals surface area contributed by atoms with Gasteiger partial charge in [0.25, 0.3) is 5.56 Å². The zero-order chi connectivity index (χ0) is 22.6. The summed E-state index contributed by atoms with van der Waals surface area (Å²) in [4.78, 5) is 25.4. The molecule has 0 bridgehead atoms. The lowest BCUT2D eigenvalue weighted by Crippen LogP contribution is -2.35. The Morgan fingerprint density at radius 3 is 2.32 bits per heavy atom. The van der Waals surface area contributed by atoms with Crippen molar-refractivity contribution < 1.29 is 13.2 Å². The molecule has 0 radical (unpaired) electrons. The largest absolute Gasteiger partial charge is 0.350 e. The number of nitrogens with zero attached hydrogens (tertiary/aromatic N) is 1. The van der Waals surface area contributed by atoms with Crippen LogP contribution in [-0.2, 0) is 34.1 Å². The SMILES string of the molecule is CCc1cccc(CNC(=O)Cn2c(C)cc(C)c(S(=O)(=O)c3ccccc3)c2=O)c1. The monoisotopic (exact) mass is 438 g/mol. The second-order valence-electron chi connectivity index (χ2n) is 7.46. The third kappa shape index (κ3) is 4.94. The van der Waals surface area contributed by atoms with E-state index < -0.39 is 15.4 Å². The molecule has 3 rings (SSSR count). The molecule has 7 heteroatoms. The summed E-state index contributed by atoms with van der Waals surface area (Å²) in [5, 5.41) is 2.81. The van der Waals surface area contributed by atoms with E-state index >= 15 is 0 Å². The van der Waals surface area contributed by atoms with Crippen LogP contribution < -0.4 is 10.9 Å². The first-order valence-electron chi connectivity index (χ1n) is 10.1. The number of sulfone groups is 1.